The molecule has 5 nitrogen and oxygen atoms in total. The third kappa shape index (κ3) is 6.95. The second-order valence-corrected chi connectivity index (χ2v) is 7.18. The van der Waals surface area contributed by atoms with Crippen LogP contribution in [0.25, 0.3) is 0 Å². The van der Waals surface area contributed by atoms with Gasteiger partial charge in [0.05, 0.1) is 22.9 Å². The lowest BCUT2D eigenvalue weighted by molar-refractivity contribution is -0.117. The molecule has 0 radical (unpaired) electrons. The second-order valence-electron chi connectivity index (χ2n) is 6.34. The van der Waals surface area contributed by atoms with E-state index in [1.165, 1.54) is 0 Å². The molecule has 1 aliphatic carbocycles. The van der Waals surface area contributed by atoms with Gasteiger partial charge in [-0.3, -0.25) is 4.79 Å². The maximum absolute atomic E-state index is 11.9. The highest BCUT2D eigenvalue weighted by atomic mass is 127. The van der Waals surface area contributed by atoms with Gasteiger partial charge in [0.25, 0.3) is 0 Å². The fourth-order valence-electron chi connectivity index (χ4n) is 2.38. The number of nitrogens with zero attached hydrogens (tertiary/aromatic N) is 1. The third-order valence-electron chi connectivity index (χ3n) is 3.43. The molecule has 1 amide bonds. The van der Waals surface area contributed by atoms with Crippen LogP contribution in [0, 0.1) is 11.8 Å². The van der Waals surface area contributed by atoms with E-state index in [0.29, 0.717) is 12.5 Å². The van der Waals surface area contributed by atoms with Crippen molar-refractivity contribution in [3.05, 3.63) is 0 Å². The predicted octanol–water partition coefficient (Wildman–Crippen LogP) is 3.87. The minimum absolute atomic E-state index is 0.0335. The van der Waals surface area contributed by atoms with Crippen LogP contribution in [0.15, 0.2) is 3.21 Å². The fourth-order valence-corrected chi connectivity index (χ4v) is 2.77. The zero-order chi connectivity index (χ0) is 16.0. The van der Waals surface area contributed by atoms with Crippen LogP contribution in [-0.2, 0) is 9.53 Å². The summed E-state index contributed by atoms with van der Waals surface area (Å²) in [4.78, 5) is 23.5. The Morgan fingerprint density at radius 3 is 2.33 bits per heavy atom. The lowest BCUT2D eigenvalue weighted by atomic mass is 9.80. The number of rotatable bonds is 4. The summed E-state index contributed by atoms with van der Waals surface area (Å²) in [6.45, 7) is 6.09. The summed E-state index contributed by atoms with van der Waals surface area (Å²) in [5.41, 5.74) is -0.482. The molecular formula is C14H22ClIN2O3. The molecule has 1 rings (SSSR count). The molecule has 0 saturated heterocycles. The summed E-state index contributed by atoms with van der Waals surface area (Å²) in [6, 6.07) is 0. The SMILES string of the molecule is CC(C)(C)OC(=O)NC[C@H]1CC[C@H](C(=O)/C(Cl)=N/I)CC1. The van der Waals surface area contributed by atoms with E-state index in [1.54, 1.807) is 22.9 Å². The van der Waals surface area contributed by atoms with E-state index in [4.69, 9.17) is 16.3 Å². The zero-order valence-electron chi connectivity index (χ0n) is 12.6. The van der Waals surface area contributed by atoms with Crippen molar-refractivity contribution in [3.8, 4) is 0 Å². The van der Waals surface area contributed by atoms with E-state index in [1.807, 2.05) is 20.8 Å². The van der Waals surface area contributed by atoms with Crippen LogP contribution in [0.5, 0.6) is 0 Å². The highest BCUT2D eigenvalue weighted by molar-refractivity contribution is 14.1. The molecule has 0 heterocycles. The Labute approximate surface area is 144 Å². The van der Waals surface area contributed by atoms with Crippen LogP contribution >= 0.6 is 34.5 Å². The minimum atomic E-state index is -0.482. The molecule has 1 N–H and O–H groups in total. The number of Topliss-reactive ketones (excluding diaryl/α,β-unsaturated/α-hetero) is 1. The number of alkyl carbamates (subject to hydrolysis) is 1. The van der Waals surface area contributed by atoms with Gasteiger partial charge in [0.2, 0.25) is 0 Å². The molecule has 0 aromatic rings. The van der Waals surface area contributed by atoms with Crippen molar-refractivity contribution in [1.82, 2.24) is 5.32 Å². The Morgan fingerprint density at radius 1 is 1.29 bits per heavy atom. The Kier molecular flexibility index (Phi) is 7.39. The van der Waals surface area contributed by atoms with Gasteiger partial charge in [0.15, 0.2) is 11.0 Å². The summed E-state index contributed by atoms with van der Waals surface area (Å²) in [5, 5.41) is 2.86. The number of hydrogen-bond acceptors (Lipinski definition) is 4. The molecule has 0 aromatic carbocycles. The summed E-state index contributed by atoms with van der Waals surface area (Å²) < 4.78 is 8.90. The average Bonchev–Trinajstić information content (AvgIpc) is 2.42. The van der Waals surface area contributed by atoms with E-state index >= 15 is 0 Å². The van der Waals surface area contributed by atoms with E-state index in [0.717, 1.165) is 25.7 Å². The van der Waals surface area contributed by atoms with Gasteiger partial charge < -0.3 is 10.1 Å². The van der Waals surface area contributed by atoms with Crippen LogP contribution in [-0.4, -0.2) is 29.2 Å². The molecule has 0 aliphatic heterocycles. The number of nitrogens with one attached hydrogen (secondary N) is 1. The number of ketones is 1. The molecule has 1 fully saturated rings. The van der Waals surface area contributed by atoms with Gasteiger partial charge in [-0.1, -0.05) is 11.6 Å². The number of hydrogen-bond donors (Lipinski definition) is 1. The van der Waals surface area contributed by atoms with Crippen molar-refractivity contribution in [2.75, 3.05) is 6.54 Å². The molecular weight excluding hydrogens is 407 g/mol. The quantitative estimate of drug-likeness (QED) is 0.546. The lowest BCUT2D eigenvalue weighted by Crippen LogP contribution is -2.36. The Morgan fingerprint density at radius 2 is 1.86 bits per heavy atom. The van der Waals surface area contributed by atoms with Crippen molar-refractivity contribution >= 4 is 51.5 Å². The zero-order valence-corrected chi connectivity index (χ0v) is 15.5. The van der Waals surface area contributed by atoms with E-state index in [-0.39, 0.29) is 23.0 Å². The van der Waals surface area contributed by atoms with Crippen molar-refractivity contribution < 1.29 is 14.3 Å². The van der Waals surface area contributed by atoms with Gasteiger partial charge in [-0.25, -0.2) is 4.79 Å². The number of ether oxygens (including phenoxy) is 1. The summed E-state index contributed by atoms with van der Waals surface area (Å²) in [7, 11) is 0. The Hall–Kier alpha value is -0.370. The first-order valence-electron chi connectivity index (χ1n) is 7.08. The van der Waals surface area contributed by atoms with Gasteiger partial charge in [-0.15, -0.1) is 0 Å². The Bertz CT molecular complexity index is 413. The molecule has 120 valence electrons. The van der Waals surface area contributed by atoms with Crippen molar-refractivity contribution in [1.29, 1.82) is 0 Å². The fraction of sp³-hybridized carbons (Fsp3) is 0.786. The standard InChI is InChI=1S/C14H22ClIN2O3/c1-14(2,3)21-13(20)17-8-9-4-6-10(7-5-9)11(19)12(15)18-16/h9-10H,4-8H2,1-3H3,(H,17,20)/b18-12-/t9-,10-. The van der Waals surface area contributed by atoms with Gasteiger partial charge in [0.1, 0.15) is 5.60 Å². The molecule has 7 heteroatoms. The minimum Gasteiger partial charge on any atom is -0.444 e. The first-order chi connectivity index (χ1) is 9.73. The van der Waals surface area contributed by atoms with Crippen LogP contribution in [0.1, 0.15) is 46.5 Å². The summed E-state index contributed by atoms with van der Waals surface area (Å²) in [5.74, 6) is 0.287. The van der Waals surface area contributed by atoms with Crippen molar-refractivity contribution in [3.63, 3.8) is 0 Å². The van der Waals surface area contributed by atoms with E-state index < -0.39 is 5.60 Å². The molecule has 0 aromatic heterocycles. The normalized spacial score (nSPS) is 23.6. The van der Waals surface area contributed by atoms with Crippen molar-refractivity contribution in [2.24, 2.45) is 15.0 Å². The van der Waals surface area contributed by atoms with Crippen LogP contribution in [0.4, 0.5) is 4.79 Å². The molecule has 0 bridgehead atoms. The number of carbonyl (C=O) groups excluding carboxylic acids is 2. The summed E-state index contributed by atoms with van der Waals surface area (Å²) in [6.07, 6.45) is 3.00. The molecule has 0 unspecified atom stereocenters. The molecule has 1 saturated carbocycles. The van der Waals surface area contributed by atoms with Crippen LogP contribution in [0.3, 0.4) is 0 Å². The number of carbonyl (C=O) groups is 2. The van der Waals surface area contributed by atoms with Gasteiger partial charge >= 0.3 is 6.09 Å². The first kappa shape index (κ1) is 18.7. The molecule has 1 aliphatic rings. The predicted molar refractivity (Wildman–Crippen MR) is 92.0 cm³/mol. The van der Waals surface area contributed by atoms with Gasteiger partial charge in [0, 0.05) is 12.5 Å². The number of halogens is 2. The smallest absolute Gasteiger partial charge is 0.407 e. The van der Waals surface area contributed by atoms with Crippen molar-refractivity contribution in [2.45, 2.75) is 52.1 Å². The number of amides is 1. The largest absolute Gasteiger partial charge is 0.444 e. The highest BCUT2D eigenvalue weighted by Crippen LogP contribution is 2.29. The maximum atomic E-state index is 11.9. The lowest BCUT2D eigenvalue weighted by Gasteiger charge is -2.28. The van der Waals surface area contributed by atoms with E-state index in [2.05, 4.69) is 8.52 Å². The first-order valence-corrected chi connectivity index (χ1v) is 8.42. The topological polar surface area (TPSA) is 67.8 Å². The van der Waals surface area contributed by atoms with Gasteiger partial charge in [-0.2, -0.15) is 3.21 Å². The molecule has 0 spiro atoms. The monoisotopic (exact) mass is 428 g/mol. The third-order valence-corrected chi connectivity index (χ3v) is 4.47. The maximum Gasteiger partial charge on any atom is 0.407 e. The molecule has 21 heavy (non-hydrogen) atoms. The van der Waals surface area contributed by atoms with Crippen LogP contribution < -0.4 is 5.32 Å². The van der Waals surface area contributed by atoms with Gasteiger partial charge in [-0.05, 0) is 52.4 Å². The van der Waals surface area contributed by atoms with Crippen LogP contribution in [0.2, 0.25) is 0 Å². The summed E-state index contributed by atoms with van der Waals surface area (Å²) >= 11 is 7.50. The van der Waals surface area contributed by atoms with E-state index in [9.17, 15) is 9.59 Å². The average molecular weight is 429 g/mol. The second kappa shape index (κ2) is 8.31. The molecule has 0 atom stereocenters. The Balaban J connectivity index is 2.31. The highest BCUT2D eigenvalue weighted by Gasteiger charge is 2.28.